The molecule has 0 saturated carbocycles. The maximum atomic E-state index is 14.3. The highest BCUT2D eigenvalue weighted by Gasteiger charge is 2.27. The van der Waals surface area contributed by atoms with E-state index in [0.29, 0.717) is 28.5 Å². The Morgan fingerprint density at radius 3 is 2.34 bits per heavy atom. The average Bonchev–Trinajstić information content (AvgIpc) is 3.34. The Balaban J connectivity index is 1.47. The van der Waals surface area contributed by atoms with E-state index in [1.165, 1.54) is 50.9 Å². The fourth-order valence-electron chi connectivity index (χ4n) is 4.19. The lowest BCUT2D eigenvalue weighted by atomic mass is 10.1. The zero-order valence-electron chi connectivity index (χ0n) is 18.9. The quantitative estimate of drug-likeness (QED) is 0.346. The molecule has 1 aliphatic heterocycles. The lowest BCUT2D eigenvalue weighted by Gasteiger charge is -2.26. The van der Waals surface area contributed by atoms with Gasteiger partial charge in [-0.15, -0.1) is 0 Å². The Bertz CT molecular complexity index is 1450. The van der Waals surface area contributed by atoms with Crippen molar-refractivity contribution in [1.29, 1.82) is 0 Å². The summed E-state index contributed by atoms with van der Waals surface area (Å²) in [5.74, 6) is -0.778. The lowest BCUT2D eigenvalue weighted by Crippen LogP contribution is -2.35. The number of sulfonamides is 1. The second-order valence-electron chi connectivity index (χ2n) is 8.45. The molecule has 1 amide bonds. The number of anilines is 1. The van der Waals surface area contributed by atoms with Crippen LogP contribution in [0.5, 0.6) is 0 Å². The minimum Gasteiger partial charge on any atom is -0.279 e. The van der Waals surface area contributed by atoms with E-state index in [9.17, 15) is 17.6 Å². The number of hydrogen-bond acceptors (Lipinski definition) is 5. The molecule has 1 aliphatic rings. The third-order valence-electron chi connectivity index (χ3n) is 6.07. The molecule has 0 radical (unpaired) electrons. The molecule has 1 saturated heterocycles. The van der Waals surface area contributed by atoms with Gasteiger partial charge in [-0.1, -0.05) is 54.2 Å². The zero-order valence-corrected chi connectivity index (χ0v) is 20.6. The van der Waals surface area contributed by atoms with Crippen molar-refractivity contribution in [3.05, 3.63) is 89.7 Å². The van der Waals surface area contributed by atoms with Crippen LogP contribution in [-0.2, 0) is 16.6 Å². The topological polar surface area (TPSA) is 70.6 Å². The number of aromatic nitrogens is 1. The number of fused-ring (bicyclic) bond motifs is 1. The SMILES string of the molecule is O=C(c1ccc(S(=O)(=O)N2CCCCC2)cc1)N(Cc1ccccc1)c1nc2c(F)cccc2s1. The van der Waals surface area contributed by atoms with Crippen molar-refractivity contribution in [2.24, 2.45) is 0 Å². The summed E-state index contributed by atoms with van der Waals surface area (Å²) >= 11 is 1.24. The van der Waals surface area contributed by atoms with Crippen molar-refractivity contribution >= 4 is 42.6 Å². The first-order chi connectivity index (χ1) is 16.9. The summed E-state index contributed by atoms with van der Waals surface area (Å²) in [6.07, 6.45) is 2.74. The molecule has 1 aromatic heterocycles. The van der Waals surface area contributed by atoms with Gasteiger partial charge in [0.15, 0.2) is 5.13 Å². The molecule has 0 unspecified atom stereocenters. The molecule has 0 spiro atoms. The molecule has 9 heteroatoms. The van der Waals surface area contributed by atoms with E-state index in [1.807, 2.05) is 30.3 Å². The van der Waals surface area contributed by atoms with Gasteiger partial charge < -0.3 is 0 Å². The molecule has 6 nitrogen and oxygen atoms in total. The number of carbonyl (C=O) groups excluding carboxylic acids is 1. The summed E-state index contributed by atoms with van der Waals surface area (Å²) in [6, 6.07) is 20.2. The number of benzene rings is 3. The summed E-state index contributed by atoms with van der Waals surface area (Å²) < 4.78 is 42.4. The largest absolute Gasteiger partial charge is 0.279 e. The summed E-state index contributed by atoms with van der Waals surface area (Å²) in [4.78, 5) is 19.7. The van der Waals surface area contributed by atoms with Gasteiger partial charge in [0.25, 0.3) is 5.91 Å². The van der Waals surface area contributed by atoms with E-state index in [1.54, 1.807) is 12.1 Å². The van der Waals surface area contributed by atoms with Gasteiger partial charge in [0.2, 0.25) is 10.0 Å². The standard InChI is InChI=1S/C26H24FN3O3S2/c27-22-10-7-11-23-24(22)28-26(34-23)30(18-19-8-3-1-4-9-19)25(31)20-12-14-21(15-13-20)35(32,33)29-16-5-2-6-17-29/h1,3-4,7-15H,2,5-6,16-18H2. The van der Waals surface area contributed by atoms with Crippen LogP contribution in [-0.4, -0.2) is 36.7 Å². The monoisotopic (exact) mass is 509 g/mol. The van der Waals surface area contributed by atoms with Gasteiger partial charge in [0, 0.05) is 18.7 Å². The molecule has 0 N–H and O–H groups in total. The maximum Gasteiger partial charge on any atom is 0.260 e. The molecule has 35 heavy (non-hydrogen) atoms. The molecule has 4 aromatic rings. The molecule has 2 heterocycles. The molecule has 5 rings (SSSR count). The van der Waals surface area contributed by atoms with E-state index in [4.69, 9.17) is 0 Å². The molecule has 1 fully saturated rings. The van der Waals surface area contributed by atoms with E-state index in [2.05, 4.69) is 4.98 Å². The third kappa shape index (κ3) is 4.84. The number of thiazole rings is 1. The predicted octanol–water partition coefficient (Wildman–Crippen LogP) is 5.46. The maximum absolute atomic E-state index is 14.3. The van der Waals surface area contributed by atoms with Crippen molar-refractivity contribution in [3.63, 3.8) is 0 Å². The third-order valence-corrected chi connectivity index (χ3v) is 9.03. The Labute approximate surface area is 207 Å². The molecule has 0 atom stereocenters. The van der Waals surface area contributed by atoms with Crippen LogP contribution in [0.25, 0.3) is 10.2 Å². The van der Waals surface area contributed by atoms with Crippen molar-refractivity contribution < 1.29 is 17.6 Å². The molecule has 3 aromatic carbocycles. The second-order valence-corrected chi connectivity index (χ2v) is 11.4. The fraction of sp³-hybridized carbons (Fsp3) is 0.231. The first-order valence-electron chi connectivity index (χ1n) is 11.4. The highest BCUT2D eigenvalue weighted by molar-refractivity contribution is 7.89. The Kier molecular flexibility index (Phi) is 6.64. The number of rotatable bonds is 6. The lowest BCUT2D eigenvalue weighted by molar-refractivity contribution is 0.0985. The van der Waals surface area contributed by atoms with Gasteiger partial charge in [0.05, 0.1) is 16.1 Å². The van der Waals surface area contributed by atoms with Crippen molar-refractivity contribution in [2.45, 2.75) is 30.7 Å². The van der Waals surface area contributed by atoms with Crippen LogP contribution in [0.2, 0.25) is 0 Å². The van der Waals surface area contributed by atoms with Gasteiger partial charge in [-0.3, -0.25) is 9.69 Å². The summed E-state index contributed by atoms with van der Waals surface area (Å²) in [5, 5.41) is 0.379. The Morgan fingerprint density at radius 1 is 0.943 bits per heavy atom. The normalized spacial score (nSPS) is 14.8. The van der Waals surface area contributed by atoms with Gasteiger partial charge in [-0.2, -0.15) is 4.31 Å². The van der Waals surface area contributed by atoms with Crippen molar-refractivity contribution in [2.75, 3.05) is 18.0 Å². The van der Waals surface area contributed by atoms with Gasteiger partial charge in [0.1, 0.15) is 11.3 Å². The Morgan fingerprint density at radius 2 is 1.66 bits per heavy atom. The van der Waals surface area contributed by atoms with Crippen LogP contribution in [0.4, 0.5) is 9.52 Å². The van der Waals surface area contributed by atoms with Gasteiger partial charge >= 0.3 is 0 Å². The molecular weight excluding hydrogens is 485 g/mol. The minimum atomic E-state index is -3.59. The highest BCUT2D eigenvalue weighted by Crippen LogP contribution is 2.32. The number of amides is 1. The van der Waals surface area contributed by atoms with E-state index in [-0.39, 0.29) is 22.9 Å². The smallest absolute Gasteiger partial charge is 0.260 e. The number of para-hydroxylation sites is 1. The predicted molar refractivity (Wildman–Crippen MR) is 136 cm³/mol. The van der Waals surface area contributed by atoms with Crippen LogP contribution >= 0.6 is 11.3 Å². The number of hydrogen-bond donors (Lipinski definition) is 0. The number of carbonyl (C=O) groups is 1. The fourth-order valence-corrected chi connectivity index (χ4v) is 6.69. The number of nitrogens with zero attached hydrogens (tertiary/aromatic N) is 3. The van der Waals surface area contributed by atoms with E-state index in [0.717, 1.165) is 24.8 Å². The van der Waals surface area contributed by atoms with Crippen LogP contribution in [0, 0.1) is 5.82 Å². The summed E-state index contributed by atoms with van der Waals surface area (Å²) in [6.45, 7) is 1.28. The summed E-state index contributed by atoms with van der Waals surface area (Å²) in [7, 11) is -3.59. The van der Waals surface area contributed by atoms with Crippen molar-refractivity contribution in [1.82, 2.24) is 9.29 Å². The molecular formula is C26H24FN3O3S2. The van der Waals surface area contributed by atoms with Crippen LogP contribution in [0.3, 0.4) is 0 Å². The summed E-state index contributed by atoms with van der Waals surface area (Å²) in [5.41, 5.74) is 1.45. The molecule has 180 valence electrons. The second kappa shape index (κ2) is 9.85. The number of piperidine rings is 1. The van der Waals surface area contributed by atoms with Crippen LogP contribution in [0.1, 0.15) is 35.2 Å². The van der Waals surface area contributed by atoms with E-state index >= 15 is 0 Å². The molecule has 0 bridgehead atoms. The van der Waals surface area contributed by atoms with Crippen LogP contribution in [0.15, 0.2) is 77.7 Å². The van der Waals surface area contributed by atoms with Gasteiger partial charge in [-0.05, 0) is 54.8 Å². The Hall–Kier alpha value is -3.14. The minimum absolute atomic E-state index is 0.174. The number of halogens is 1. The first-order valence-corrected chi connectivity index (χ1v) is 13.7. The van der Waals surface area contributed by atoms with Gasteiger partial charge in [-0.25, -0.2) is 17.8 Å². The first kappa shape index (κ1) is 23.6. The highest BCUT2D eigenvalue weighted by atomic mass is 32.2. The van der Waals surface area contributed by atoms with Crippen molar-refractivity contribution in [3.8, 4) is 0 Å². The van der Waals surface area contributed by atoms with Crippen LogP contribution < -0.4 is 4.90 Å². The molecule has 0 aliphatic carbocycles. The zero-order chi connectivity index (χ0) is 24.4. The van der Waals surface area contributed by atoms with E-state index < -0.39 is 15.8 Å². The average molecular weight is 510 g/mol.